The molecule has 2 aliphatic heterocycles. The minimum atomic E-state index is -3.86. The number of aliphatic hydroxyl groups excluding tert-OH is 2. The van der Waals surface area contributed by atoms with Crippen molar-refractivity contribution in [3.63, 3.8) is 0 Å². The van der Waals surface area contributed by atoms with Gasteiger partial charge in [0.15, 0.2) is 9.84 Å². The van der Waals surface area contributed by atoms with Gasteiger partial charge in [0.2, 0.25) is 10.0 Å². The number of sulfonamides is 1. The Morgan fingerprint density at radius 1 is 1.02 bits per heavy atom. The molecule has 2 atom stereocenters. The van der Waals surface area contributed by atoms with Gasteiger partial charge < -0.3 is 35.5 Å². The van der Waals surface area contributed by atoms with Crippen molar-refractivity contribution >= 4 is 19.9 Å². The highest BCUT2D eigenvalue weighted by Gasteiger charge is 2.45. The van der Waals surface area contributed by atoms with Gasteiger partial charge in [-0.3, -0.25) is 0 Å². The number of sulfone groups is 1. The van der Waals surface area contributed by atoms with Crippen LogP contribution in [0.5, 0.6) is 11.5 Å². The van der Waals surface area contributed by atoms with Crippen LogP contribution in [-0.4, -0.2) is 99.9 Å². The van der Waals surface area contributed by atoms with Gasteiger partial charge in [-0.2, -0.15) is 4.31 Å². The Bertz CT molecular complexity index is 1830. The van der Waals surface area contributed by atoms with Gasteiger partial charge in [0.25, 0.3) is 0 Å². The molecule has 0 unspecified atom stereocenters. The van der Waals surface area contributed by atoms with Crippen molar-refractivity contribution in [2.75, 3.05) is 46.1 Å². The summed E-state index contributed by atoms with van der Waals surface area (Å²) in [7, 11) is -7.66. The smallest absolute Gasteiger partial charge is 0.246 e. The van der Waals surface area contributed by atoms with Crippen molar-refractivity contribution in [2.45, 2.75) is 78.9 Å². The molecule has 3 aromatic rings. The van der Waals surface area contributed by atoms with E-state index in [1.807, 2.05) is 37.3 Å². The predicted octanol–water partition coefficient (Wildman–Crippen LogP) is 3.10. The molecule has 0 aromatic heterocycles. The molecule has 2 aliphatic rings. The fourth-order valence-corrected chi connectivity index (χ4v) is 9.22. The van der Waals surface area contributed by atoms with E-state index in [-0.39, 0.29) is 29.0 Å². The SMILES string of the molecule is CCOc1ccc(-c2ccc(CN)cc2)cc1S(=O)(=O)N1CCC2(CC1)C[C@H](NC[C@H](O)COc1cccc(S(=O)(=O)C(C)(C)CO)c1)CO2. The van der Waals surface area contributed by atoms with Crippen molar-refractivity contribution in [2.24, 2.45) is 5.73 Å². The van der Waals surface area contributed by atoms with Crippen LogP contribution in [0.15, 0.2) is 76.5 Å². The summed E-state index contributed by atoms with van der Waals surface area (Å²) >= 11 is 0. The quantitative estimate of drug-likeness (QED) is 0.181. The van der Waals surface area contributed by atoms with Crippen molar-refractivity contribution in [3.05, 3.63) is 72.3 Å². The highest BCUT2D eigenvalue weighted by molar-refractivity contribution is 7.92. The largest absolute Gasteiger partial charge is 0.492 e. The molecule has 2 saturated heterocycles. The molecule has 2 fully saturated rings. The van der Waals surface area contributed by atoms with E-state index < -0.39 is 42.9 Å². The topological polar surface area (TPSA) is 178 Å². The maximum absolute atomic E-state index is 14.0. The highest BCUT2D eigenvalue weighted by atomic mass is 32.2. The lowest BCUT2D eigenvalue weighted by atomic mass is 9.88. The van der Waals surface area contributed by atoms with Crippen LogP contribution < -0.4 is 20.5 Å². The minimum Gasteiger partial charge on any atom is -0.492 e. The number of benzene rings is 3. The summed E-state index contributed by atoms with van der Waals surface area (Å²) in [5.41, 5.74) is 7.93. The number of nitrogens with two attached hydrogens (primary N) is 1. The first-order chi connectivity index (χ1) is 23.7. The minimum absolute atomic E-state index is 0.0334. The summed E-state index contributed by atoms with van der Waals surface area (Å²) in [6, 6.07) is 19.0. The second-order valence-electron chi connectivity index (χ2n) is 13.6. The molecule has 0 radical (unpaired) electrons. The van der Waals surface area contributed by atoms with Crippen molar-refractivity contribution < 1.29 is 41.3 Å². The number of nitrogens with zero attached hydrogens (tertiary/aromatic N) is 1. The van der Waals surface area contributed by atoms with Crippen molar-refractivity contribution in [1.82, 2.24) is 9.62 Å². The molecule has 5 N–H and O–H groups in total. The van der Waals surface area contributed by atoms with Gasteiger partial charge in [0.05, 0.1) is 35.1 Å². The van der Waals surface area contributed by atoms with E-state index in [4.69, 9.17) is 19.9 Å². The number of nitrogens with one attached hydrogen (secondary N) is 1. The highest BCUT2D eigenvalue weighted by Crippen LogP contribution is 2.39. The molecule has 0 aliphatic carbocycles. The Hall–Kier alpha value is -3.08. The second-order valence-corrected chi connectivity index (χ2v) is 18.1. The van der Waals surface area contributed by atoms with Gasteiger partial charge in [0, 0.05) is 32.2 Å². The molecular formula is C36H49N3O9S2. The molecule has 0 saturated carbocycles. The average molecular weight is 732 g/mol. The third-order valence-corrected chi connectivity index (χ3v) is 13.9. The first kappa shape index (κ1) is 38.2. The van der Waals surface area contributed by atoms with E-state index in [9.17, 15) is 27.0 Å². The number of hydrogen-bond donors (Lipinski definition) is 4. The molecule has 12 nitrogen and oxygen atoms in total. The average Bonchev–Trinajstić information content (AvgIpc) is 3.52. The fourth-order valence-electron chi connectivity index (χ4n) is 6.28. The van der Waals surface area contributed by atoms with Crippen LogP contribution in [0.4, 0.5) is 0 Å². The molecule has 1 spiro atoms. The van der Waals surface area contributed by atoms with Gasteiger partial charge in [-0.05, 0) is 87.1 Å². The number of piperidine rings is 1. The van der Waals surface area contributed by atoms with Crippen molar-refractivity contribution in [1.29, 1.82) is 0 Å². The number of hydrogen-bond acceptors (Lipinski definition) is 11. The van der Waals surface area contributed by atoms with E-state index >= 15 is 0 Å². The lowest BCUT2D eigenvalue weighted by Gasteiger charge is -2.38. The van der Waals surface area contributed by atoms with Crippen LogP contribution >= 0.6 is 0 Å². The molecular weight excluding hydrogens is 683 g/mol. The van der Waals surface area contributed by atoms with Gasteiger partial charge in [-0.1, -0.05) is 36.4 Å². The third-order valence-electron chi connectivity index (χ3n) is 9.54. The zero-order chi connectivity index (χ0) is 36.2. The number of aliphatic hydroxyl groups is 2. The zero-order valence-electron chi connectivity index (χ0n) is 28.9. The summed E-state index contributed by atoms with van der Waals surface area (Å²) in [5.74, 6) is 0.618. The lowest BCUT2D eigenvalue weighted by Crippen LogP contribution is -2.47. The number of ether oxygens (including phenoxy) is 3. The maximum atomic E-state index is 14.0. The van der Waals surface area contributed by atoms with E-state index in [0.717, 1.165) is 16.7 Å². The normalized spacial score (nSPS) is 19.0. The zero-order valence-corrected chi connectivity index (χ0v) is 30.5. The Morgan fingerprint density at radius 2 is 1.72 bits per heavy atom. The van der Waals surface area contributed by atoms with E-state index in [0.29, 0.717) is 63.6 Å². The van der Waals surface area contributed by atoms with Gasteiger partial charge in [-0.25, -0.2) is 16.8 Å². The van der Waals surface area contributed by atoms with Crippen LogP contribution in [0, 0.1) is 0 Å². The Kier molecular flexibility index (Phi) is 12.0. The Balaban J connectivity index is 1.14. The molecule has 2 heterocycles. The van der Waals surface area contributed by atoms with Crippen LogP contribution in [-0.2, 0) is 31.1 Å². The van der Waals surface area contributed by atoms with E-state index in [1.165, 1.54) is 30.3 Å². The number of rotatable bonds is 15. The molecule has 5 rings (SSSR count). The van der Waals surface area contributed by atoms with Crippen LogP contribution in [0.1, 0.15) is 45.6 Å². The molecule has 274 valence electrons. The van der Waals surface area contributed by atoms with Crippen LogP contribution in [0.3, 0.4) is 0 Å². The van der Waals surface area contributed by atoms with Gasteiger partial charge >= 0.3 is 0 Å². The molecule has 0 bridgehead atoms. The first-order valence-electron chi connectivity index (χ1n) is 16.9. The molecule has 50 heavy (non-hydrogen) atoms. The predicted molar refractivity (Wildman–Crippen MR) is 190 cm³/mol. The Labute approximate surface area is 295 Å². The second kappa shape index (κ2) is 15.7. The van der Waals surface area contributed by atoms with Crippen LogP contribution in [0.2, 0.25) is 0 Å². The fraction of sp³-hybridized carbons (Fsp3) is 0.500. The summed E-state index contributed by atoms with van der Waals surface area (Å²) in [6.45, 7) is 6.17. The molecule has 3 aromatic carbocycles. The Morgan fingerprint density at radius 3 is 2.38 bits per heavy atom. The van der Waals surface area contributed by atoms with Crippen LogP contribution in [0.25, 0.3) is 11.1 Å². The monoisotopic (exact) mass is 731 g/mol. The summed E-state index contributed by atoms with van der Waals surface area (Å²) in [4.78, 5) is 0.173. The van der Waals surface area contributed by atoms with Gasteiger partial charge in [0.1, 0.15) is 29.1 Å². The third kappa shape index (κ3) is 8.34. The molecule has 14 heteroatoms. The maximum Gasteiger partial charge on any atom is 0.246 e. The summed E-state index contributed by atoms with van der Waals surface area (Å²) < 4.78 is 71.6. The first-order valence-corrected chi connectivity index (χ1v) is 19.9. The van der Waals surface area contributed by atoms with E-state index in [1.54, 1.807) is 24.3 Å². The van der Waals surface area contributed by atoms with Crippen molar-refractivity contribution in [3.8, 4) is 22.6 Å². The summed E-state index contributed by atoms with van der Waals surface area (Å²) in [5, 5.41) is 23.5. The summed E-state index contributed by atoms with van der Waals surface area (Å²) in [6.07, 6.45) is 0.869. The molecule has 0 amide bonds. The lowest BCUT2D eigenvalue weighted by molar-refractivity contribution is -0.0312. The van der Waals surface area contributed by atoms with E-state index in [2.05, 4.69) is 5.32 Å². The van der Waals surface area contributed by atoms with Gasteiger partial charge in [-0.15, -0.1) is 0 Å². The standard InChI is InChI=1S/C36H49N3O9S2/c1-4-46-33-13-12-28(27-10-8-26(21-37)9-11-27)18-34(33)50(44,45)39-16-14-36(15-17-39)20-29(23-48-36)38-22-30(41)24-47-31-6-5-7-32(19-31)49(42,43)35(2,3)25-40/h5-13,18-19,29-30,38,40-41H,4,14-17,20-25,37H2,1-3H3/t29-,30-/m0/s1.